The fraction of sp³-hybridized carbons (Fsp3) is 1.00. The van der Waals surface area contributed by atoms with Gasteiger partial charge in [-0.2, -0.15) is 0 Å². The second kappa shape index (κ2) is 3.25. The summed E-state index contributed by atoms with van der Waals surface area (Å²) in [5.74, 6) is 0. The molecule has 76 valence electrons. The summed E-state index contributed by atoms with van der Waals surface area (Å²) in [5.41, 5.74) is 6.35. The normalized spacial score (nSPS) is 39.0. The molecule has 1 saturated carbocycles. The van der Waals surface area contributed by atoms with Gasteiger partial charge in [0.15, 0.2) is 0 Å². The van der Waals surface area contributed by atoms with E-state index in [1.165, 1.54) is 32.1 Å². The molecule has 2 aliphatic rings. The lowest BCUT2D eigenvalue weighted by atomic mass is 9.96. The topological polar surface area (TPSA) is 29.3 Å². The number of piperidine rings is 1. The second-order valence-electron chi connectivity index (χ2n) is 5.16. The Morgan fingerprint density at radius 3 is 2.23 bits per heavy atom. The Hall–Kier alpha value is -0.0800. The average molecular weight is 182 g/mol. The van der Waals surface area contributed by atoms with Gasteiger partial charge in [-0.25, -0.2) is 0 Å². The van der Waals surface area contributed by atoms with Crippen LogP contribution in [-0.4, -0.2) is 29.1 Å². The average Bonchev–Trinajstić information content (AvgIpc) is 2.78. The Kier molecular flexibility index (Phi) is 2.37. The molecule has 0 aromatic rings. The number of rotatable bonds is 2. The van der Waals surface area contributed by atoms with Crippen LogP contribution < -0.4 is 5.73 Å². The molecule has 2 N–H and O–H groups in total. The number of nitrogens with two attached hydrogens (primary N) is 1. The summed E-state index contributed by atoms with van der Waals surface area (Å²) in [6.45, 7) is 5.83. The van der Waals surface area contributed by atoms with Crippen molar-refractivity contribution in [2.75, 3.05) is 6.54 Å². The predicted octanol–water partition coefficient (Wildman–Crippen LogP) is 1.74. The van der Waals surface area contributed by atoms with Crippen molar-refractivity contribution in [1.29, 1.82) is 0 Å². The molecule has 0 bridgehead atoms. The lowest BCUT2D eigenvalue weighted by Gasteiger charge is -2.40. The third-order valence-electron chi connectivity index (χ3n) is 3.77. The van der Waals surface area contributed by atoms with E-state index >= 15 is 0 Å². The molecule has 1 heterocycles. The van der Waals surface area contributed by atoms with Gasteiger partial charge < -0.3 is 5.73 Å². The lowest BCUT2D eigenvalue weighted by molar-refractivity contribution is 0.0928. The zero-order valence-corrected chi connectivity index (χ0v) is 8.92. The van der Waals surface area contributed by atoms with E-state index in [4.69, 9.17) is 5.73 Å². The SMILES string of the molecule is CC1CCCC(C)N1CC1(N)CC1. The molecule has 2 nitrogen and oxygen atoms in total. The van der Waals surface area contributed by atoms with Crippen LogP contribution >= 0.6 is 0 Å². The van der Waals surface area contributed by atoms with Crippen LogP contribution in [0.5, 0.6) is 0 Å². The van der Waals surface area contributed by atoms with E-state index in [1.54, 1.807) is 0 Å². The van der Waals surface area contributed by atoms with Gasteiger partial charge >= 0.3 is 0 Å². The van der Waals surface area contributed by atoms with E-state index in [2.05, 4.69) is 18.7 Å². The standard InChI is InChI=1S/C11H22N2/c1-9-4-3-5-10(2)13(9)8-11(12)6-7-11/h9-10H,3-8,12H2,1-2H3. The van der Waals surface area contributed by atoms with E-state index < -0.39 is 0 Å². The van der Waals surface area contributed by atoms with Gasteiger partial charge in [0.2, 0.25) is 0 Å². The van der Waals surface area contributed by atoms with Gasteiger partial charge in [-0.05, 0) is 39.5 Å². The lowest BCUT2D eigenvalue weighted by Crippen LogP contribution is -2.50. The Balaban J connectivity index is 1.93. The molecule has 13 heavy (non-hydrogen) atoms. The minimum atomic E-state index is 0.194. The second-order valence-corrected chi connectivity index (χ2v) is 5.16. The molecule has 2 heteroatoms. The molecule has 0 aromatic heterocycles. The zero-order valence-electron chi connectivity index (χ0n) is 8.92. The third-order valence-corrected chi connectivity index (χ3v) is 3.77. The van der Waals surface area contributed by atoms with Crippen LogP contribution in [0.15, 0.2) is 0 Å². The fourth-order valence-electron chi connectivity index (χ4n) is 2.47. The molecule has 2 atom stereocenters. The molecule has 0 aromatic carbocycles. The largest absolute Gasteiger partial charge is 0.324 e. The van der Waals surface area contributed by atoms with E-state index in [9.17, 15) is 0 Å². The first-order chi connectivity index (χ1) is 6.11. The van der Waals surface area contributed by atoms with Gasteiger partial charge in [-0.1, -0.05) is 6.42 Å². The maximum Gasteiger partial charge on any atom is 0.0285 e. The van der Waals surface area contributed by atoms with Crippen LogP contribution in [-0.2, 0) is 0 Å². The molecule has 2 unspecified atom stereocenters. The zero-order chi connectivity index (χ0) is 9.47. The number of hydrogen-bond donors (Lipinski definition) is 1. The smallest absolute Gasteiger partial charge is 0.0285 e. The fourth-order valence-corrected chi connectivity index (χ4v) is 2.47. The first-order valence-electron chi connectivity index (χ1n) is 5.65. The molecule has 1 saturated heterocycles. The summed E-state index contributed by atoms with van der Waals surface area (Å²) in [5, 5.41) is 0. The highest BCUT2D eigenvalue weighted by Crippen LogP contribution is 2.35. The number of nitrogens with zero attached hydrogens (tertiary/aromatic N) is 1. The van der Waals surface area contributed by atoms with Crippen LogP contribution in [0.3, 0.4) is 0 Å². The highest BCUT2D eigenvalue weighted by atomic mass is 15.2. The molecular formula is C11H22N2. The van der Waals surface area contributed by atoms with Crippen molar-refractivity contribution in [3.63, 3.8) is 0 Å². The summed E-state index contributed by atoms with van der Waals surface area (Å²) in [4.78, 5) is 2.62. The van der Waals surface area contributed by atoms with Crippen molar-refractivity contribution in [2.45, 2.75) is 63.6 Å². The van der Waals surface area contributed by atoms with Gasteiger partial charge in [0.25, 0.3) is 0 Å². The van der Waals surface area contributed by atoms with Gasteiger partial charge in [-0.15, -0.1) is 0 Å². The summed E-state index contributed by atoms with van der Waals surface area (Å²) in [7, 11) is 0. The van der Waals surface area contributed by atoms with E-state index in [-0.39, 0.29) is 5.54 Å². The van der Waals surface area contributed by atoms with Crippen LogP contribution in [0.25, 0.3) is 0 Å². The summed E-state index contributed by atoms with van der Waals surface area (Å²) in [6, 6.07) is 1.51. The van der Waals surface area contributed by atoms with Gasteiger partial charge in [0.05, 0.1) is 0 Å². The van der Waals surface area contributed by atoms with Crippen LogP contribution in [0.1, 0.15) is 46.0 Å². The first-order valence-corrected chi connectivity index (χ1v) is 5.65. The number of hydrogen-bond acceptors (Lipinski definition) is 2. The molecule has 1 aliphatic heterocycles. The first kappa shape index (κ1) is 9.47. The quantitative estimate of drug-likeness (QED) is 0.705. The summed E-state index contributed by atoms with van der Waals surface area (Å²) < 4.78 is 0. The van der Waals surface area contributed by atoms with Gasteiger partial charge in [-0.3, -0.25) is 4.90 Å². The van der Waals surface area contributed by atoms with Crippen molar-refractivity contribution in [1.82, 2.24) is 4.90 Å². The van der Waals surface area contributed by atoms with Crippen molar-refractivity contribution in [2.24, 2.45) is 5.73 Å². The molecule has 0 spiro atoms. The highest BCUT2D eigenvalue weighted by molar-refractivity contribution is 5.02. The van der Waals surface area contributed by atoms with Crippen molar-refractivity contribution >= 4 is 0 Å². The molecule has 2 fully saturated rings. The minimum Gasteiger partial charge on any atom is -0.324 e. The van der Waals surface area contributed by atoms with Crippen LogP contribution in [0.4, 0.5) is 0 Å². The van der Waals surface area contributed by atoms with Gasteiger partial charge in [0, 0.05) is 24.2 Å². The molecule has 0 radical (unpaired) electrons. The molecule has 2 rings (SSSR count). The maximum atomic E-state index is 6.16. The molecular weight excluding hydrogens is 160 g/mol. The van der Waals surface area contributed by atoms with Crippen molar-refractivity contribution in [3.05, 3.63) is 0 Å². The van der Waals surface area contributed by atoms with Crippen LogP contribution in [0.2, 0.25) is 0 Å². The van der Waals surface area contributed by atoms with Crippen LogP contribution in [0, 0.1) is 0 Å². The third kappa shape index (κ3) is 2.05. The minimum absolute atomic E-state index is 0.194. The highest BCUT2D eigenvalue weighted by Gasteiger charge is 2.41. The van der Waals surface area contributed by atoms with E-state index in [1.807, 2.05) is 0 Å². The Morgan fingerprint density at radius 1 is 1.23 bits per heavy atom. The maximum absolute atomic E-state index is 6.16. The van der Waals surface area contributed by atoms with Gasteiger partial charge in [0.1, 0.15) is 0 Å². The Morgan fingerprint density at radius 2 is 1.77 bits per heavy atom. The molecule has 1 aliphatic carbocycles. The predicted molar refractivity (Wildman–Crippen MR) is 55.6 cm³/mol. The molecule has 0 amide bonds. The summed E-state index contributed by atoms with van der Waals surface area (Å²) >= 11 is 0. The van der Waals surface area contributed by atoms with Crippen molar-refractivity contribution < 1.29 is 0 Å². The Labute approximate surface area is 81.5 Å². The Bertz CT molecular complexity index is 177. The van der Waals surface area contributed by atoms with E-state index in [0.717, 1.165) is 18.6 Å². The van der Waals surface area contributed by atoms with E-state index in [0.29, 0.717) is 0 Å². The monoisotopic (exact) mass is 182 g/mol. The van der Waals surface area contributed by atoms with Crippen molar-refractivity contribution in [3.8, 4) is 0 Å². The number of likely N-dealkylation sites (tertiary alicyclic amines) is 1. The summed E-state index contributed by atoms with van der Waals surface area (Å²) in [6.07, 6.45) is 6.60.